The molecule has 2 aromatic rings. The van der Waals surface area contributed by atoms with Crippen LogP contribution >= 0.6 is 0 Å². The van der Waals surface area contributed by atoms with Gasteiger partial charge in [0, 0.05) is 18.7 Å². The van der Waals surface area contributed by atoms with E-state index in [0.29, 0.717) is 43.9 Å². The summed E-state index contributed by atoms with van der Waals surface area (Å²) in [6, 6.07) is 5.19. The van der Waals surface area contributed by atoms with Crippen LogP contribution in [0.5, 0.6) is 5.75 Å². The lowest BCUT2D eigenvalue weighted by molar-refractivity contribution is -0.137. The number of fused-ring (bicyclic) bond motifs is 1. The third-order valence-electron chi connectivity index (χ3n) is 5.17. The summed E-state index contributed by atoms with van der Waals surface area (Å²) in [5.41, 5.74) is -0.0564. The number of nitrogens with zero attached hydrogens (tertiary/aromatic N) is 3. The number of morpholine rings is 1. The first-order valence-corrected chi connectivity index (χ1v) is 9.05. The third-order valence-corrected chi connectivity index (χ3v) is 5.17. The molecule has 0 spiro atoms. The fraction of sp³-hybridized carbons (Fsp3) is 0.474. The Balaban J connectivity index is 1.62. The predicted octanol–water partition coefficient (Wildman–Crippen LogP) is 3.17. The van der Waals surface area contributed by atoms with Crippen LogP contribution in [-0.2, 0) is 15.7 Å². The van der Waals surface area contributed by atoms with Gasteiger partial charge in [-0.25, -0.2) is 0 Å². The number of hydrogen-bond donors (Lipinski definition) is 1. The molecule has 9 heteroatoms. The van der Waals surface area contributed by atoms with E-state index in [4.69, 9.17) is 9.47 Å². The Labute approximate surface area is 159 Å². The van der Waals surface area contributed by atoms with Crippen LogP contribution in [0.2, 0.25) is 0 Å². The van der Waals surface area contributed by atoms with Crippen LogP contribution < -0.4 is 4.90 Å². The maximum atomic E-state index is 12.9. The molecule has 0 bridgehead atoms. The molecule has 2 aliphatic rings. The molecule has 2 aliphatic heterocycles. The number of anilines is 1. The number of hydrogen-bond acceptors (Lipinski definition) is 6. The summed E-state index contributed by atoms with van der Waals surface area (Å²) < 4.78 is 50.1. The number of aromatic hydroxyl groups is 1. The van der Waals surface area contributed by atoms with Crippen molar-refractivity contribution in [3.63, 3.8) is 0 Å². The Hall–Kier alpha value is -2.39. The Morgan fingerprint density at radius 3 is 2.68 bits per heavy atom. The molecule has 1 aromatic heterocycles. The summed E-state index contributed by atoms with van der Waals surface area (Å²) in [5, 5.41) is 18.6. The Morgan fingerprint density at radius 2 is 2.00 bits per heavy atom. The van der Waals surface area contributed by atoms with Gasteiger partial charge in [-0.3, -0.25) is 0 Å². The molecule has 0 radical (unpaired) electrons. The van der Waals surface area contributed by atoms with Crippen LogP contribution in [-0.4, -0.2) is 53.8 Å². The summed E-state index contributed by atoms with van der Waals surface area (Å²) >= 11 is 0. The fourth-order valence-electron chi connectivity index (χ4n) is 3.82. The average molecular weight is 395 g/mol. The van der Waals surface area contributed by atoms with Gasteiger partial charge in [0.2, 0.25) is 0 Å². The molecular weight excluding hydrogens is 375 g/mol. The van der Waals surface area contributed by atoms with Gasteiger partial charge in [0.05, 0.1) is 36.6 Å². The lowest BCUT2D eigenvalue weighted by Gasteiger charge is -2.43. The van der Waals surface area contributed by atoms with E-state index >= 15 is 0 Å². The average Bonchev–Trinajstić information content (AvgIpc) is 2.67. The number of halogens is 3. The SMILES string of the molecule is Cc1cc(C(F)(F)F)cc(O)c1-c1ccc(N2CCO[C@@H]3CCOC[C@@H]32)nn1. The highest BCUT2D eigenvalue weighted by molar-refractivity contribution is 5.71. The third kappa shape index (κ3) is 3.51. The summed E-state index contributed by atoms with van der Waals surface area (Å²) in [7, 11) is 0. The highest BCUT2D eigenvalue weighted by atomic mass is 19.4. The van der Waals surface area contributed by atoms with Crippen molar-refractivity contribution in [1.29, 1.82) is 0 Å². The van der Waals surface area contributed by atoms with Gasteiger partial charge in [0.1, 0.15) is 5.75 Å². The molecule has 0 amide bonds. The number of aromatic nitrogens is 2. The van der Waals surface area contributed by atoms with Gasteiger partial charge in [0.15, 0.2) is 5.82 Å². The molecule has 1 N–H and O–H groups in total. The highest BCUT2D eigenvalue weighted by Gasteiger charge is 2.36. The number of alkyl halides is 3. The number of phenols is 1. The second kappa shape index (κ2) is 7.21. The molecular formula is C19H20F3N3O3. The predicted molar refractivity (Wildman–Crippen MR) is 95.2 cm³/mol. The molecule has 2 atom stereocenters. The second-order valence-electron chi connectivity index (χ2n) is 7.00. The van der Waals surface area contributed by atoms with Crippen molar-refractivity contribution < 1.29 is 27.8 Å². The van der Waals surface area contributed by atoms with Crippen molar-refractivity contribution in [1.82, 2.24) is 10.2 Å². The first-order valence-electron chi connectivity index (χ1n) is 9.05. The number of rotatable bonds is 2. The summed E-state index contributed by atoms with van der Waals surface area (Å²) in [6.07, 6.45) is -3.61. The van der Waals surface area contributed by atoms with E-state index in [0.717, 1.165) is 12.5 Å². The molecule has 2 fully saturated rings. The quantitative estimate of drug-likeness (QED) is 0.843. The highest BCUT2D eigenvalue weighted by Crippen LogP contribution is 2.38. The van der Waals surface area contributed by atoms with Gasteiger partial charge in [-0.05, 0) is 43.2 Å². The molecule has 28 heavy (non-hydrogen) atoms. The first kappa shape index (κ1) is 18.9. The van der Waals surface area contributed by atoms with Crippen molar-refractivity contribution >= 4 is 5.82 Å². The van der Waals surface area contributed by atoms with Crippen molar-refractivity contribution in [2.75, 3.05) is 31.3 Å². The van der Waals surface area contributed by atoms with Gasteiger partial charge in [0.25, 0.3) is 0 Å². The number of aryl methyl sites for hydroxylation is 1. The molecule has 150 valence electrons. The van der Waals surface area contributed by atoms with Gasteiger partial charge in [-0.1, -0.05) is 0 Å². The lowest BCUT2D eigenvalue weighted by atomic mass is 10.0. The number of phenolic OH excluding ortho intramolecular Hbond substituents is 1. The van der Waals surface area contributed by atoms with E-state index in [-0.39, 0.29) is 23.3 Å². The molecule has 0 aliphatic carbocycles. The minimum atomic E-state index is -4.52. The summed E-state index contributed by atoms with van der Waals surface area (Å²) in [4.78, 5) is 2.09. The van der Waals surface area contributed by atoms with Crippen molar-refractivity contribution in [2.45, 2.75) is 31.7 Å². The monoisotopic (exact) mass is 395 g/mol. The van der Waals surface area contributed by atoms with Crippen molar-refractivity contribution in [3.8, 4) is 17.0 Å². The first-order chi connectivity index (χ1) is 13.3. The maximum absolute atomic E-state index is 12.9. The smallest absolute Gasteiger partial charge is 0.416 e. The topological polar surface area (TPSA) is 67.7 Å². The largest absolute Gasteiger partial charge is 0.507 e. The van der Waals surface area contributed by atoms with E-state index in [2.05, 4.69) is 15.1 Å². The number of ether oxygens (including phenoxy) is 2. The normalized spacial score (nSPS) is 22.8. The Morgan fingerprint density at radius 1 is 1.18 bits per heavy atom. The van der Waals surface area contributed by atoms with Crippen LogP contribution in [0, 0.1) is 6.92 Å². The van der Waals surface area contributed by atoms with Gasteiger partial charge in [-0.2, -0.15) is 13.2 Å². The fourth-order valence-corrected chi connectivity index (χ4v) is 3.82. The standard InChI is InChI=1S/C19H20F3N3O3/c1-11-8-12(19(20,21)22)9-15(26)18(11)13-2-3-17(24-23-13)25-5-7-28-16-4-6-27-10-14(16)25/h2-3,8-9,14,16,26H,4-7,10H2,1H3/t14-,16+/m0/s1. The van der Waals surface area contributed by atoms with E-state index in [1.807, 2.05) is 0 Å². The van der Waals surface area contributed by atoms with Crippen LogP contribution in [0.25, 0.3) is 11.3 Å². The van der Waals surface area contributed by atoms with Crippen LogP contribution in [0.3, 0.4) is 0 Å². The lowest BCUT2D eigenvalue weighted by Crippen LogP contribution is -2.56. The summed E-state index contributed by atoms with van der Waals surface area (Å²) in [5.74, 6) is 0.179. The minimum absolute atomic E-state index is 0.0591. The van der Waals surface area contributed by atoms with E-state index in [1.165, 1.54) is 6.92 Å². The molecule has 2 saturated heterocycles. The van der Waals surface area contributed by atoms with Gasteiger partial charge in [-0.15, -0.1) is 10.2 Å². The van der Waals surface area contributed by atoms with E-state index in [1.54, 1.807) is 12.1 Å². The molecule has 1 aromatic carbocycles. The molecule has 4 rings (SSSR count). The Bertz CT molecular complexity index is 833. The molecule has 6 nitrogen and oxygen atoms in total. The van der Waals surface area contributed by atoms with Crippen LogP contribution in [0.1, 0.15) is 17.5 Å². The molecule has 3 heterocycles. The van der Waals surface area contributed by atoms with Gasteiger partial charge >= 0.3 is 6.18 Å². The van der Waals surface area contributed by atoms with E-state index in [9.17, 15) is 18.3 Å². The summed E-state index contributed by atoms with van der Waals surface area (Å²) in [6.45, 7) is 3.97. The zero-order valence-electron chi connectivity index (χ0n) is 15.2. The Kier molecular flexibility index (Phi) is 4.88. The van der Waals surface area contributed by atoms with Crippen LogP contribution in [0.4, 0.5) is 19.0 Å². The minimum Gasteiger partial charge on any atom is -0.507 e. The molecule has 0 unspecified atom stereocenters. The van der Waals surface area contributed by atoms with Crippen molar-refractivity contribution in [2.24, 2.45) is 0 Å². The molecule has 0 saturated carbocycles. The van der Waals surface area contributed by atoms with Crippen LogP contribution in [0.15, 0.2) is 24.3 Å². The maximum Gasteiger partial charge on any atom is 0.416 e. The van der Waals surface area contributed by atoms with Crippen molar-refractivity contribution in [3.05, 3.63) is 35.4 Å². The van der Waals surface area contributed by atoms with E-state index < -0.39 is 17.5 Å². The zero-order chi connectivity index (χ0) is 19.9. The van der Waals surface area contributed by atoms with Gasteiger partial charge < -0.3 is 19.5 Å². The second-order valence-corrected chi connectivity index (χ2v) is 7.00. The zero-order valence-corrected chi connectivity index (χ0v) is 15.2. The number of benzene rings is 1.